The highest BCUT2D eigenvalue weighted by Gasteiger charge is 2.36. The van der Waals surface area contributed by atoms with Crippen LogP contribution in [0, 0.1) is 0 Å². The van der Waals surface area contributed by atoms with Crippen LogP contribution in [0.4, 0.5) is 0 Å². The molecule has 1 unspecified atom stereocenters. The van der Waals surface area contributed by atoms with Crippen molar-refractivity contribution >= 4 is 23.6 Å². The molecule has 0 fully saturated rings. The van der Waals surface area contributed by atoms with Gasteiger partial charge in [0.1, 0.15) is 19.3 Å². The first-order valence-electron chi connectivity index (χ1n) is 10.2. The number of nitrogens with zero attached hydrogens (tertiary/aromatic N) is 1. The zero-order valence-corrected chi connectivity index (χ0v) is 18.0. The van der Waals surface area contributed by atoms with E-state index in [9.17, 15) is 9.59 Å². The molecule has 0 aromatic heterocycles. The monoisotopic (exact) mass is 426 g/mol. The van der Waals surface area contributed by atoms with Crippen molar-refractivity contribution in [1.82, 2.24) is 10.2 Å². The molecule has 2 aromatic rings. The molecule has 0 bridgehead atoms. The van der Waals surface area contributed by atoms with E-state index in [0.29, 0.717) is 37.5 Å². The number of nitrogens with one attached hydrogen (secondary N) is 1. The molecular formula is C23H26N2O4S. The standard InChI is InChI=1S/C23H26N2O4S/c1-15(16-7-8-20-21(13-16)29-11-10-28-20)24-22(26)19(9-12-30-2)25-14-17-5-3-4-6-18(17)23(25)27/h3-8,13,15,19H,9-12,14H2,1-2H3,(H,24,26)/t15?,19-/m0/s1. The molecule has 158 valence electrons. The van der Waals surface area contributed by atoms with E-state index in [1.807, 2.05) is 55.6 Å². The van der Waals surface area contributed by atoms with Gasteiger partial charge in [-0.25, -0.2) is 0 Å². The molecule has 0 aliphatic carbocycles. The highest BCUT2D eigenvalue weighted by molar-refractivity contribution is 7.98. The van der Waals surface area contributed by atoms with Crippen molar-refractivity contribution in [3.63, 3.8) is 0 Å². The van der Waals surface area contributed by atoms with Gasteiger partial charge in [0.25, 0.3) is 5.91 Å². The fourth-order valence-corrected chi connectivity index (χ4v) is 4.37. The normalized spacial score (nSPS) is 16.7. The molecule has 2 aliphatic rings. The second kappa shape index (κ2) is 9.00. The second-order valence-corrected chi connectivity index (χ2v) is 8.51. The molecule has 4 rings (SSSR count). The van der Waals surface area contributed by atoms with Crippen LogP contribution in [0.3, 0.4) is 0 Å². The number of carbonyl (C=O) groups excluding carboxylic acids is 2. The predicted octanol–water partition coefficient (Wildman–Crippen LogP) is 3.41. The zero-order valence-electron chi connectivity index (χ0n) is 17.2. The molecule has 0 radical (unpaired) electrons. The SMILES string of the molecule is CSCC[C@@H](C(=O)NC(C)c1ccc2c(c1)OCCO2)N1Cc2ccccc2C1=O. The van der Waals surface area contributed by atoms with E-state index in [0.717, 1.165) is 22.6 Å². The Kier molecular flexibility index (Phi) is 6.18. The van der Waals surface area contributed by atoms with Crippen LogP contribution in [0.15, 0.2) is 42.5 Å². The number of carbonyl (C=O) groups is 2. The summed E-state index contributed by atoms with van der Waals surface area (Å²) in [5.74, 6) is 2.02. The molecule has 2 heterocycles. The molecule has 0 saturated carbocycles. The van der Waals surface area contributed by atoms with Crippen LogP contribution in [0.25, 0.3) is 0 Å². The Morgan fingerprint density at radius 2 is 1.93 bits per heavy atom. The fourth-order valence-electron chi connectivity index (χ4n) is 3.91. The largest absolute Gasteiger partial charge is 0.486 e. The highest BCUT2D eigenvalue weighted by Crippen LogP contribution is 2.33. The first-order valence-corrected chi connectivity index (χ1v) is 11.6. The lowest BCUT2D eigenvalue weighted by atomic mass is 10.1. The van der Waals surface area contributed by atoms with Crippen molar-refractivity contribution in [2.75, 3.05) is 25.2 Å². The maximum Gasteiger partial charge on any atom is 0.255 e. The van der Waals surface area contributed by atoms with Gasteiger partial charge in [-0.05, 0) is 54.7 Å². The summed E-state index contributed by atoms with van der Waals surface area (Å²) in [5.41, 5.74) is 2.61. The minimum absolute atomic E-state index is 0.0705. The van der Waals surface area contributed by atoms with E-state index >= 15 is 0 Å². The van der Waals surface area contributed by atoms with Gasteiger partial charge in [-0.2, -0.15) is 11.8 Å². The van der Waals surface area contributed by atoms with E-state index in [4.69, 9.17) is 9.47 Å². The average Bonchev–Trinajstić information content (AvgIpc) is 3.10. The Balaban J connectivity index is 1.49. The molecule has 0 spiro atoms. The number of amides is 2. The minimum atomic E-state index is -0.503. The third-order valence-electron chi connectivity index (χ3n) is 5.55. The number of fused-ring (bicyclic) bond motifs is 2. The van der Waals surface area contributed by atoms with Crippen LogP contribution < -0.4 is 14.8 Å². The van der Waals surface area contributed by atoms with E-state index in [1.165, 1.54) is 0 Å². The summed E-state index contributed by atoms with van der Waals surface area (Å²) in [7, 11) is 0. The van der Waals surface area contributed by atoms with E-state index < -0.39 is 6.04 Å². The first-order chi connectivity index (χ1) is 14.6. The lowest BCUT2D eigenvalue weighted by molar-refractivity contribution is -0.126. The Morgan fingerprint density at radius 3 is 2.70 bits per heavy atom. The number of hydrogen-bond donors (Lipinski definition) is 1. The van der Waals surface area contributed by atoms with E-state index in [1.54, 1.807) is 16.7 Å². The van der Waals surface area contributed by atoms with Crippen molar-refractivity contribution in [2.24, 2.45) is 0 Å². The van der Waals surface area contributed by atoms with Gasteiger partial charge in [0.05, 0.1) is 6.04 Å². The number of benzene rings is 2. The van der Waals surface area contributed by atoms with Crippen LogP contribution in [0.2, 0.25) is 0 Å². The second-order valence-electron chi connectivity index (χ2n) is 7.52. The molecule has 7 heteroatoms. The molecule has 2 atom stereocenters. The van der Waals surface area contributed by atoms with Gasteiger partial charge in [-0.1, -0.05) is 24.3 Å². The Bertz CT molecular complexity index is 949. The number of thioether (sulfide) groups is 1. The molecule has 2 aliphatic heterocycles. The van der Waals surface area contributed by atoms with Crippen molar-refractivity contribution in [3.8, 4) is 11.5 Å². The molecule has 2 aromatic carbocycles. The molecule has 2 amide bonds. The van der Waals surface area contributed by atoms with Crippen LogP contribution in [0.5, 0.6) is 11.5 Å². The summed E-state index contributed by atoms with van der Waals surface area (Å²) in [6.45, 7) is 3.48. The van der Waals surface area contributed by atoms with Crippen molar-refractivity contribution in [3.05, 3.63) is 59.2 Å². The Morgan fingerprint density at radius 1 is 1.17 bits per heavy atom. The van der Waals surface area contributed by atoms with Crippen LogP contribution in [-0.2, 0) is 11.3 Å². The Labute approximate surface area is 180 Å². The topological polar surface area (TPSA) is 67.9 Å². The molecule has 0 saturated heterocycles. The van der Waals surface area contributed by atoms with Crippen molar-refractivity contribution in [2.45, 2.75) is 32.0 Å². The lowest BCUT2D eigenvalue weighted by Crippen LogP contribution is -2.48. The van der Waals surface area contributed by atoms with Gasteiger partial charge in [0.15, 0.2) is 11.5 Å². The fraction of sp³-hybridized carbons (Fsp3) is 0.391. The Hall–Kier alpha value is -2.67. The van der Waals surface area contributed by atoms with Crippen LogP contribution >= 0.6 is 11.8 Å². The molecule has 6 nitrogen and oxygen atoms in total. The number of ether oxygens (including phenoxy) is 2. The molecular weight excluding hydrogens is 400 g/mol. The minimum Gasteiger partial charge on any atom is -0.486 e. The summed E-state index contributed by atoms with van der Waals surface area (Å²) in [6.07, 6.45) is 2.62. The van der Waals surface area contributed by atoms with Crippen molar-refractivity contribution in [1.29, 1.82) is 0 Å². The lowest BCUT2D eigenvalue weighted by Gasteiger charge is -2.28. The van der Waals surface area contributed by atoms with Gasteiger partial charge < -0.3 is 19.7 Å². The summed E-state index contributed by atoms with van der Waals surface area (Å²) in [5, 5.41) is 3.10. The van der Waals surface area contributed by atoms with Gasteiger partial charge in [0, 0.05) is 12.1 Å². The number of hydrogen-bond acceptors (Lipinski definition) is 5. The summed E-state index contributed by atoms with van der Waals surface area (Å²) in [4.78, 5) is 27.9. The molecule has 30 heavy (non-hydrogen) atoms. The summed E-state index contributed by atoms with van der Waals surface area (Å²) in [6, 6.07) is 12.6. The first kappa shape index (κ1) is 20.6. The van der Waals surface area contributed by atoms with E-state index in [2.05, 4.69) is 5.32 Å². The average molecular weight is 427 g/mol. The third kappa shape index (κ3) is 4.12. The predicted molar refractivity (Wildman–Crippen MR) is 117 cm³/mol. The quantitative estimate of drug-likeness (QED) is 0.735. The summed E-state index contributed by atoms with van der Waals surface area (Å²) >= 11 is 1.67. The zero-order chi connectivity index (χ0) is 21.1. The van der Waals surface area contributed by atoms with Gasteiger partial charge in [-0.3, -0.25) is 9.59 Å². The third-order valence-corrected chi connectivity index (χ3v) is 6.19. The van der Waals surface area contributed by atoms with Crippen LogP contribution in [-0.4, -0.2) is 48.0 Å². The van der Waals surface area contributed by atoms with Crippen LogP contribution in [0.1, 0.15) is 40.9 Å². The van der Waals surface area contributed by atoms with E-state index in [-0.39, 0.29) is 17.9 Å². The number of rotatable bonds is 7. The van der Waals surface area contributed by atoms with Gasteiger partial charge in [-0.15, -0.1) is 0 Å². The van der Waals surface area contributed by atoms with Crippen molar-refractivity contribution < 1.29 is 19.1 Å². The maximum atomic E-state index is 13.2. The molecule has 1 N–H and O–H groups in total. The summed E-state index contributed by atoms with van der Waals surface area (Å²) < 4.78 is 11.2. The highest BCUT2D eigenvalue weighted by atomic mass is 32.2. The van der Waals surface area contributed by atoms with Gasteiger partial charge in [0.2, 0.25) is 5.91 Å². The smallest absolute Gasteiger partial charge is 0.255 e. The maximum absolute atomic E-state index is 13.2. The van der Waals surface area contributed by atoms with Gasteiger partial charge >= 0.3 is 0 Å².